The third kappa shape index (κ3) is 3.29. The number of benzene rings is 1. The van der Waals surface area contributed by atoms with Crippen molar-refractivity contribution in [3.05, 3.63) is 35.6 Å². The van der Waals surface area contributed by atoms with Gasteiger partial charge in [0.25, 0.3) is 0 Å². The minimum Gasteiger partial charge on any atom is -0.481 e. The van der Waals surface area contributed by atoms with Crippen LogP contribution in [-0.2, 0) is 4.79 Å². The maximum absolute atomic E-state index is 12.9. The summed E-state index contributed by atoms with van der Waals surface area (Å²) in [6.07, 6.45) is 3.65. The van der Waals surface area contributed by atoms with Crippen LogP contribution in [0.5, 0.6) is 0 Å². The monoisotopic (exact) mass is 251 g/mol. The second-order valence-corrected chi connectivity index (χ2v) is 4.82. The van der Waals surface area contributed by atoms with Crippen molar-refractivity contribution in [1.82, 2.24) is 5.32 Å². The lowest BCUT2D eigenvalue weighted by Crippen LogP contribution is -2.33. The van der Waals surface area contributed by atoms with Crippen molar-refractivity contribution >= 4 is 5.97 Å². The van der Waals surface area contributed by atoms with Gasteiger partial charge in [0.2, 0.25) is 0 Å². The third-order valence-electron chi connectivity index (χ3n) is 3.55. The molecule has 4 heteroatoms. The molecular weight excluding hydrogens is 233 g/mol. The van der Waals surface area contributed by atoms with E-state index in [0.29, 0.717) is 12.5 Å². The molecule has 0 aromatic heterocycles. The van der Waals surface area contributed by atoms with Crippen LogP contribution in [0.1, 0.15) is 37.3 Å². The van der Waals surface area contributed by atoms with Crippen LogP contribution in [0, 0.1) is 11.7 Å². The molecule has 1 aromatic rings. The van der Waals surface area contributed by atoms with E-state index in [-0.39, 0.29) is 18.3 Å². The SMILES string of the molecule is O=C(O)CCNC(c1ccc(F)cc1)C1CCC1. The molecule has 2 rings (SSSR count). The highest BCUT2D eigenvalue weighted by Gasteiger charge is 2.28. The number of carboxylic acids is 1. The van der Waals surface area contributed by atoms with E-state index in [0.717, 1.165) is 18.4 Å². The number of halogens is 1. The molecule has 0 bridgehead atoms. The summed E-state index contributed by atoms with van der Waals surface area (Å²) < 4.78 is 12.9. The van der Waals surface area contributed by atoms with Gasteiger partial charge in [-0.3, -0.25) is 4.79 Å². The van der Waals surface area contributed by atoms with Crippen LogP contribution < -0.4 is 5.32 Å². The van der Waals surface area contributed by atoms with Crippen LogP contribution in [-0.4, -0.2) is 17.6 Å². The van der Waals surface area contributed by atoms with Crippen molar-refractivity contribution in [1.29, 1.82) is 0 Å². The number of nitrogens with one attached hydrogen (secondary N) is 1. The van der Waals surface area contributed by atoms with Crippen molar-refractivity contribution in [3.63, 3.8) is 0 Å². The van der Waals surface area contributed by atoms with Gasteiger partial charge in [0.05, 0.1) is 6.42 Å². The number of carbonyl (C=O) groups is 1. The Hall–Kier alpha value is -1.42. The molecule has 1 atom stereocenters. The van der Waals surface area contributed by atoms with Gasteiger partial charge in [-0.1, -0.05) is 18.6 Å². The van der Waals surface area contributed by atoms with Gasteiger partial charge in [-0.05, 0) is 36.5 Å². The van der Waals surface area contributed by atoms with Gasteiger partial charge in [-0.2, -0.15) is 0 Å². The highest BCUT2D eigenvalue weighted by molar-refractivity contribution is 5.66. The van der Waals surface area contributed by atoms with E-state index in [1.54, 1.807) is 12.1 Å². The van der Waals surface area contributed by atoms with Gasteiger partial charge >= 0.3 is 5.97 Å². The number of carboxylic acid groups (broad SMARTS) is 1. The fourth-order valence-corrected chi connectivity index (χ4v) is 2.33. The molecule has 3 nitrogen and oxygen atoms in total. The van der Waals surface area contributed by atoms with E-state index in [2.05, 4.69) is 5.32 Å². The molecule has 18 heavy (non-hydrogen) atoms. The van der Waals surface area contributed by atoms with Gasteiger partial charge in [0.15, 0.2) is 0 Å². The molecule has 98 valence electrons. The average molecular weight is 251 g/mol. The second-order valence-electron chi connectivity index (χ2n) is 4.82. The van der Waals surface area contributed by atoms with Gasteiger partial charge in [-0.15, -0.1) is 0 Å². The number of rotatable bonds is 6. The fourth-order valence-electron chi connectivity index (χ4n) is 2.33. The molecule has 1 aliphatic rings. The molecule has 2 N–H and O–H groups in total. The Morgan fingerprint density at radius 1 is 1.39 bits per heavy atom. The highest BCUT2D eigenvalue weighted by atomic mass is 19.1. The van der Waals surface area contributed by atoms with E-state index in [9.17, 15) is 9.18 Å². The first-order chi connectivity index (χ1) is 8.66. The summed E-state index contributed by atoms with van der Waals surface area (Å²) in [6.45, 7) is 0.452. The standard InChI is InChI=1S/C14H18FNO2/c15-12-6-4-11(5-7-12)14(10-2-1-3-10)16-9-8-13(17)18/h4-7,10,14,16H,1-3,8-9H2,(H,17,18). The van der Waals surface area contributed by atoms with E-state index >= 15 is 0 Å². The van der Waals surface area contributed by atoms with E-state index in [1.807, 2.05) is 0 Å². The lowest BCUT2D eigenvalue weighted by Gasteiger charge is -2.34. The highest BCUT2D eigenvalue weighted by Crippen LogP contribution is 2.37. The van der Waals surface area contributed by atoms with Crippen LogP contribution in [0.2, 0.25) is 0 Å². The van der Waals surface area contributed by atoms with E-state index in [4.69, 9.17) is 5.11 Å². The predicted molar refractivity (Wildman–Crippen MR) is 66.7 cm³/mol. The molecule has 1 saturated carbocycles. The molecule has 1 aliphatic carbocycles. The largest absolute Gasteiger partial charge is 0.481 e. The van der Waals surface area contributed by atoms with E-state index < -0.39 is 5.97 Å². The molecule has 1 aromatic carbocycles. The smallest absolute Gasteiger partial charge is 0.304 e. The molecule has 0 heterocycles. The Kier molecular flexibility index (Phi) is 4.31. The Balaban J connectivity index is 2.00. The Morgan fingerprint density at radius 3 is 2.56 bits per heavy atom. The minimum absolute atomic E-state index is 0.115. The number of aliphatic carboxylic acids is 1. The number of hydrogen-bond donors (Lipinski definition) is 2. The zero-order valence-electron chi connectivity index (χ0n) is 10.2. The van der Waals surface area contributed by atoms with Crippen molar-refractivity contribution in [3.8, 4) is 0 Å². The third-order valence-corrected chi connectivity index (χ3v) is 3.55. The van der Waals surface area contributed by atoms with Crippen LogP contribution in [0.3, 0.4) is 0 Å². The molecule has 0 saturated heterocycles. The number of hydrogen-bond acceptors (Lipinski definition) is 2. The molecular formula is C14H18FNO2. The first-order valence-corrected chi connectivity index (χ1v) is 6.37. The summed E-state index contributed by atoms with van der Waals surface area (Å²) in [5.41, 5.74) is 1.05. The summed E-state index contributed by atoms with van der Waals surface area (Å²) >= 11 is 0. The first kappa shape index (κ1) is 13.0. The van der Waals surface area contributed by atoms with Gasteiger partial charge in [0.1, 0.15) is 5.82 Å². The molecule has 0 aliphatic heterocycles. The summed E-state index contributed by atoms with van der Waals surface area (Å²) in [7, 11) is 0. The molecule has 1 unspecified atom stereocenters. The van der Waals surface area contributed by atoms with Crippen molar-refractivity contribution < 1.29 is 14.3 Å². The van der Waals surface area contributed by atoms with Crippen LogP contribution >= 0.6 is 0 Å². The van der Waals surface area contributed by atoms with Gasteiger partial charge in [-0.25, -0.2) is 4.39 Å². The maximum atomic E-state index is 12.9. The van der Waals surface area contributed by atoms with Crippen molar-refractivity contribution in [2.75, 3.05) is 6.54 Å². The van der Waals surface area contributed by atoms with Gasteiger partial charge in [0, 0.05) is 12.6 Å². The lowest BCUT2D eigenvalue weighted by molar-refractivity contribution is -0.136. The lowest BCUT2D eigenvalue weighted by atomic mass is 9.77. The Bertz CT molecular complexity index is 401. The zero-order valence-corrected chi connectivity index (χ0v) is 10.2. The normalized spacial score (nSPS) is 17.2. The zero-order chi connectivity index (χ0) is 13.0. The van der Waals surface area contributed by atoms with Crippen molar-refractivity contribution in [2.45, 2.75) is 31.7 Å². The van der Waals surface area contributed by atoms with E-state index in [1.165, 1.54) is 18.6 Å². The molecule has 1 fully saturated rings. The minimum atomic E-state index is -0.797. The maximum Gasteiger partial charge on any atom is 0.304 e. The summed E-state index contributed by atoms with van der Waals surface area (Å²) in [4.78, 5) is 10.5. The second kappa shape index (κ2) is 5.96. The first-order valence-electron chi connectivity index (χ1n) is 6.37. The van der Waals surface area contributed by atoms with Crippen molar-refractivity contribution in [2.24, 2.45) is 5.92 Å². The molecule has 0 radical (unpaired) electrons. The van der Waals surface area contributed by atoms with Crippen LogP contribution in [0.25, 0.3) is 0 Å². The summed E-state index contributed by atoms with van der Waals surface area (Å²) in [5.74, 6) is -0.491. The average Bonchev–Trinajstić information content (AvgIpc) is 2.26. The summed E-state index contributed by atoms with van der Waals surface area (Å²) in [6, 6.07) is 6.64. The van der Waals surface area contributed by atoms with Gasteiger partial charge < -0.3 is 10.4 Å². The topological polar surface area (TPSA) is 49.3 Å². The van der Waals surface area contributed by atoms with Crippen LogP contribution in [0.15, 0.2) is 24.3 Å². The Labute approximate surface area is 106 Å². The fraction of sp³-hybridized carbons (Fsp3) is 0.500. The molecule has 0 spiro atoms. The predicted octanol–water partition coefficient (Wildman–Crippen LogP) is 2.73. The Morgan fingerprint density at radius 2 is 2.06 bits per heavy atom. The molecule has 0 amide bonds. The quantitative estimate of drug-likeness (QED) is 0.817. The van der Waals surface area contributed by atoms with Crippen LogP contribution in [0.4, 0.5) is 4.39 Å². The summed E-state index contributed by atoms with van der Waals surface area (Å²) in [5, 5.41) is 11.9.